The molecule has 0 spiro atoms. The van der Waals surface area contributed by atoms with Gasteiger partial charge in [-0.25, -0.2) is 0 Å². The summed E-state index contributed by atoms with van der Waals surface area (Å²) in [6.45, 7) is 1.89. The Balaban J connectivity index is 2.11. The summed E-state index contributed by atoms with van der Waals surface area (Å²) in [5.41, 5.74) is 6.56. The van der Waals surface area contributed by atoms with Crippen molar-refractivity contribution in [2.75, 3.05) is 0 Å². The van der Waals surface area contributed by atoms with E-state index in [-0.39, 0.29) is 6.04 Å². The predicted octanol–water partition coefficient (Wildman–Crippen LogP) is 3.55. The number of halogens is 1. The molecule has 0 saturated heterocycles. The standard InChI is InChI=1S/C13H13ClN2O/c1-9(15)13-7-6-12(8-16-13)17-11-4-2-10(14)3-5-11/h2-9H,15H2,1H3/t9-/m0/s1. The predicted molar refractivity (Wildman–Crippen MR) is 68.4 cm³/mol. The lowest BCUT2D eigenvalue weighted by molar-refractivity contribution is 0.479. The highest BCUT2D eigenvalue weighted by Crippen LogP contribution is 2.22. The number of nitrogens with two attached hydrogens (primary N) is 1. The Morgan fingerprint density at radius 3 is 2.29 bits per heavy atom. The van der Waals surface area contributed by atoms with Crippen LogP contribution in [0.25, 0.3) is 0 Å². The van der Waals surface area contributed by atoms with Crippen molar-refractivity contribution in [2.24, 2.45) is 5.73 Å². The highest BCUT2D eigenvalue weighted by atomic mass is 35.5. The molecule has 1 atom stereocenters. The Labute approximate surface area is 105 Å². The smallest absolute Gasteiger partial charge is 0.145 e. The van der Waals surface area contributed by atoms with Gasteiger partial charge in [-0.2, -0.15) is 0 Å². The lowest BCUT2D eigenvalue weighted by Gasteiger charge is -2.07. The van der Waals surface area contributed by atoms with Gasteiger partial charge in [-0.15, -0.1) is 0 Å². The van der Waals surface area contributed by atoms with Gasteiger partial charge in [0.2, 0.25) is 0 Å². The average molecular weight is 249 g/mol. The van der Waals surface area contributed by atoms with Gasteiger partial charge < -0.3 is 10.5 Å². The third-order valence-corrected chi connectivity index (χ3v) is 2.53. The molecule has 4 heteroatoms. The molecule has 0 aliphatic heterocycles. The Bertz CT molecular complexity index is 480. The Hall–Kier alpha value is -1.58. The van der Waals surface area contributed by atoms with Crippen molar-refractivity contribution in [3.63, 3.8) is 0 Å². The average Bonchev–Trinajstić information content (AvgIpc) is 2.33. The molecule has 2 aromatic rings. The van der Waals surface area contributed by atoms with Crippen molar-refractivity contribution in [2.45, 2.75) is 13.0 Å². The second-order valence-corrected chi connectivity index (χ2v) is 4.20. The lowest BCUT2D eigenvalue weighted by atomic mass is 10.2. The fourth-order valence-electron chi connectivity index (χ4n) is 1.36. The number of benzene rings is 1. The molecule has 2 N–H and O–H groups in total. The summed E-state index contributed by atoms with van der Waals surface area (Å²) in [4.78, 5) is 4.22. The first-order valence-corrected chi connectivity index (χ1v) is 5.68. The normalized spacial score (nSPS) is 12.2. The molecule has 0 radical (unpaired) electrons. The topological polar surface area (TPSA) is 48.1 Å². The van der Waals surface area contributed by atoms with E-state index in [1.807, 2.05) is 31.2 Å². The third-order valence-electron chi connectivity index (χ3n) is 2.28. The van der Waals surface area contributed by atoms with Crippen molar-refractivity contribution in [1.29, 1.82) is 0 Å². The molecule has 0 bridgehead atoms. The number of aromatic nitrogens is 1. The summed E-state index contributed by atoms with van der Waals surface area (Å²) in [6.07, 6.45) is 1.66. The van der Waals surface area contributed by atoms with E-state index in [0.29, 0.717) is 10.8 Å². The molecular formula is C13H13ClN2O. The van der Waals surface area contributed by atoms with Crippen LogP contribution in [0.15, 0.2) is 42.6 Å². The fraction of sp³-hybridized carbons (Fsp3) is 0.154. The van der Waals surface area contributed by atoms with Gasteiger partial charge in [0.15, 0.2) is 0 Å². The Kier molecular flexibility index (Phi) is 3.61. The molecule has 0 amide bonds. The van der Waals surface area contributed by atoms with Crippen molar-refractivity contribution in [3.8, 4) is 11.5 Å². The molecule has 0 fully saturated rings. The summed E-state index contributed by atoms with van der Waals surface area (Å²) in [5, 5.41) is 0.683. The zero-order chi connectivity index (χ0) is 12.3. The maximum absolute atomic E-state index is 5.79. The zero-order valence-electron chi connectivity index (χ0n) is 9.43. The van der Waals surface area contributed by atoms with Crippen LogP contribution in [0.1, 0.15) is 18.7 Å². The van der Waals surface area contributed by atoms with E-state index in [1.54, 1.807) is 18.3 Å². The molecule has 88 valence electrons. The molecule has 1 aromatic carbocycles. The molecule has 0 saturated carbocycles. The van der Waals surface area contributed by atoms with E-state index in [9.17, 15) is 0 Å². The molecular weight excluding hydrogens is 236 g/mol. The van der Waals surface area contributed by atoms with E-state index in [0.717, 1.165) is 11.4 Å². The number of pyridine rings is 1. The number of nitrogens with zero attached hydrogens (tertiary/aromatic N) is 1. The van der Waals surface area contributed by atoms with Gasteiger partial charge in [-0.05, 0) is 43.3 Å². The van der Waals surface area contributed by atoms with E-state index >= 15 is 0 Å². The monoisotopic (exact) mass is 248 g/mol. The van der Waals surface area contributed by atoms with Crippen LogP contribution in [0, 0.1) is 0 Å². The van der Waals surface area contributed by atoms with Crippen molar-refractivity contribution in [3.05, 3.63) is 53.3 Å². The molecule has 2 rings (SSSR count). The summed E-state index contributed by atoms with van der Waals surface area (Å²) < 4.78 is 5.61. The highest BCUT2D eigenvalue weighted by molar-refractivity contribution is 6.30. The molecule has 0 unspecified atom stereocenters. The van der Waals surface area contributed by atoms with E-state index < -0.39 is 0 Å². The Morgan fingerprint density at radius 2 is 1.76 bits per heavy atom. The first-order chi connectivity index (χ1) is 8.15. The lowest BCUT2D eigenvalue weighted by Crippen LogP contribution is -2.06. The minimum atomic E-state index is -0.0698. The zero-order valence-corrected chi connectivity index (χ0v) is 10.2. The molecule has 3 nitrogen and oxygen atoms in total. The van der Waals surface area contributed by atoms with Gasteiger partial charge in [-0.1, -0.05) is 11.6 Å². The minimum Gasteiger partial charge on any atom is -0.456 e. The molecule has 1 heterocycles. The van der Waals surface area contributed by atoms with Crippen LogP contribution in [0.2, 0.25) is 5.02 Å². The maximum atomic E-state index is 5.79. The second-order valence-electron chi connectivity index (χ2n) is 3.76. The van der Waals surface area contributed by atoms with Crippen molar-refractivity contribution < 1.29 is 4.74 Å². The first kappa shape index (κ1) is 11.9. The Morgan fingerprint density at radius 1 is 1.12 bits per heavy atom. The summed E-state index contributed by atoms with van der Waals surface area (Å²) in [7, 11) is 0. The van der Waals surface area contributed by atoms with Gasteiger partial charge in [-0.3, -0.25) is 4.98 Å². The quantitative estimate of drug-likeness (QED) is 0.904. The first-order valence-electron chi connectivity index (χ1n) is 5.30. The number of ether oxygens (including phenoxy) is 1. The molecule has 0 aliphatic carbocycles. The van der Waals surface area contributed by atoms with Crippen LogP contribution in [0.5, 0.6) is 11.5 Å². The van der Waals surface area contributed by atoms with Crippen LogP contribution in [0.3, 0.4) is 0 Å². The second kappa shape index (κ2) is 5.17. The van der Waals surface area contributed by atoms with E-state index in [2.05, 4.69) is 4.98 Å². The van der Waals surface area contributed by atoms with Gasteiger partial charge >= 0.3 is 0 Å². The van der Waals surface area contributed by atoms with Crippen molar-refractivity contribution >= 4 is 11.6 Å². The van der Waals surface area contributed by atoms with Crippen LogP contribution < -0.4 is 10.5 Å². The SMILES string of the molecule is C[C@H](N)c1ccc(Oc2ccc(Cl)cc2)cn1. The highest BCUT2D eigenvalue weighted by Gasteiger charge is 2.02. The third kappa shape index (κ3) is 3.19. The van der Waals surface area contributed by atoms with Gasteiger partial charge in [0.25, 0.3) is 0 Å². The van der Waals surface area contributed by atoms with Gasteiger partial charge in [0.1, 0.15) is 11.5 Å². The largest absolute Gasteiger partial charge is 0.456 e. The maximum Gasteiger partial charge on any atom is 0.145 e. The molecule has 0 aliphatic rings. The van der Waals surface area contributed by atoms with E-state index in [4.69, 9.17) is 22.1 Å². The summed E-state index contributed by atoms with van der Waals surface area (Å²) in [6, 6.07) is 10.8. The van der Waals surface area contributed by atoms with Crippen LogP contribution >= 0.6 is 11.6 Å². The molecule has 17 heavy (non-hydrogen) atoms. The molecule has 1 aromatic heterocycles. The van der Waals surface area contributed by atoms with E-state index in [1.165, 1.54) is 0 Å². The number of hydrogen-bond donors (Lipinski definition) is 1. The van der Waals surface area contributed by atoms with Crippen molar-refractivity contribution in [1.82, 2.24) is 4.98 Å². The number of hydrogen-bond acceptors (Lipinski definition) is 3. The summed E-state index contributed by atoms with van der Waals surface area (Å²) in [5.74, 6) is 1.40. The summed E-state index contributed by atoms with van der Waals surface area (Å²) >= 11 is 5.79. The number of rotatable bonds is 3. The van der Waals surface area contributed by atoms with Crippen LogP contribution in [-0.4, -0.2) is 4.98 Å². The minimum absolute atomic E-state index is 0.0698. The van der Waals surface area contributed by atoms with Gasteiger partial charge in [0.05, 0.1) is 11.9 Å². The van der Waals surface area contributed by atoms with Crippen LogP contribution in [-0.2, 0) is 0 Å². The van der Waals surface area contributed by atoms with Gasteiger partial charge in [0, 0.05) is 11.1 Å². The van der Waals surface area contributed by atoms with Crippen LogP contribution in [0.4, 0.5) is 0 Å². The fourth-order valence-corrected chi connectivity index (χ4v) is 1.49.